The lowest BCUT2D eigenvalue weighted by atomic mass is 9.89. The highest BCUT2D eigenvalue weighted by Crippen LogP contribution is 2.31. The third-order valence-corrected chi connectivity index (χ3v) is 4.23. The van der Waals surface area contributed by atoms with Crippen LogP contribution in [-0.4, -0.2) is 29.4 Å². The summed E-state index contributed by atoms with van der Waals surface area (Å²) in [4.78, 5) is 13.9. The van der Waals surface area contributed by atoms with Crippen molar-refractivity contribution in [2.24, 2.45) is 0 Å². The predicted octanol–water partition coefficient (Wildman–Crippen LogP) is 1.91. The fraction of sp³-hybridized carbons (Fsp3) is 0.643. The molecule has 0 radical (unpaired) electrons. The van der Waals surface area contributed by atoms with Crippen molar-refractivity contribution >= 4 is 5.91 Å². The highest BCUT2D eigenvalue weighted by atomic mass is 16.3. The van der Waals surface area contributed by atoms with Gasteiger partial charge >= 0.3 is 0 Å². The summed E-state index contributed by atoms with van der Waals surface area (Å²) in [7, 11) is 0. The number of amides is 1. The van der Waals surface area contributed by atoms with Gasteiger partial charge in [0.1, 0.15) is 5.76 Å². The second-order valence-electron chi connectivity index (χ2n) is 5.54. The molecular weight excluding hydrogens is 228 g/mol. The van der Waals surface area contributed by atoms with Crippen LogP contribution in [0.4, 0.5) is 0 Å². The van der Waals surface area contributed by atoms with Crippen LogP contribution in [0.1, 0.15) is 37.9 Å². The lowest BCUT2D eigenvalue weighted by Crippen LogP contribution is -2.42. The molecule has 0 aliphatic carbocycles. The van der Waals surface area contributed by atoms with E-state index in [0.29, 0.717) is 6.42 Å². The number of hydrogen-bond acceptors (Lipinski definition) is 3. The van der Waals surface area contributed by atoms with Crippen LogP contribution in [0.5, 0.6) is 0 Å². The molecule has 2 aliphatic rings. The molecule has 0 saturated carbocycles. The van der Waals surface area contributed by atoms with E-state index in [-0.39, 0.29) is 11.4 Å². The molecule has 0 aromatic carbocycles. The molecule has 4 nitrogen and oxygen atoms in total. The third-order valence-electron chi connectivity index (χ3n) is 4.23. The van der Waals surface area contributed by atoms with Gasteiger partial charge in [-0.2, -0.15) is 0 Å². The Kier molecular flexibility index (Phi) is 3.12. The van der Waals surface area contributed by atoms with E-state index >= 15 is 0 Å². The third kappa shape index (κ3) is 2.43. The number of nitrogens with one attached hydrogen (secondary N) is 1. The largest absolute Gasteiger partial charge is 0.468 e. The summed E-state index contributed by atoms with van der Waals surface area (Å²) < 4.78 is 5.40. The van der Waals surface area contributed by atoms with Gasteiger partial charge in [0.25, 0.3) is 0 Å². The van der Waals surface area contributed by atoms with Crippen molar-refractivity contribution in [3.05, 3.63) is 24.2 Å². The molecule has 0 unspecified atom stereocenters. The molecule has 3 heterocycles. The van der Waals surface area contributed by atoms with E-state index in [1.807, 2.05) is 12.1 Å². The molecule has 3 rings (SSSR count). The lowest BCUT2D eigenvalue weighted by molar-refractivity contribution is -0.119. The van der Waals surface area contributed by atoms with Gasteiger partial charge in [0.15, 0.2) is 0 Å². The quantitative estimate of drug-likeness (QED) is 0.869. The number of furan rings is 1. The smallest absolute Gasteiger partial charge is 0.220 e. The molecule has 2 fully saturated rings. The topological polar surface area (TPSA) is 45.5 Å². The fourth-order valence-electron chi connectivity index (χ4n) is 3.18. The lowest BCUT2D eigenvalue weighted by Gasteiger charge is -2.27. The van der Waals surface area contributed by atoms with E-state index < -0.39 is 0 Å². The van der Waals surface area contributed by atoms with Crippen LogP contribution >= 0.6 is 0 Å². The molecule has 0 bridgehead atoms. The Morgan fingerprint density at radius 3 is 3.00 bits per heavy atom. The summed E-state index contributed by atoms with van der Waals surface area (Å²) in [5.74, 6) is 1.26. The van der Waals surface area contributed by atoms with E-state index in [0.717, 1.165) is 51.1 Å². The zero-order chi connectivity index (χ0) is 12.4. The first-order valence-corrected chi connectivity index (χ1v) is 6.82. The Morgan fingerprint density at radius 2 is 2.28 bits per heavy atom. The normalized spacial score (nSPS) is 29.4. The van der Waals surface area contributed by atoms with Gasteiger partial charge < -0.3 is 9.73 Å². The van der Waals surface area contributed by atoms with Crippen LogP contribution in [0.25, 0.3) is 0 Å². The molecule has 1 aromatic rings. The van der Waals surface area contributed by atoms with Crippen molar-refractivity contribution in [2.75, 3.05) is 13.1 Å². The second kappa shape index (κ2) is 4.76. The van der Waals surface area contributed by atoms with E-state index in [1.165, 1.54) is 0 Å². The summed E-state index contributed by atoms with van der Waals surface area (Å²) in [6, 6.07) is 3.96. The van der Waals surface area contributed by atoms with Gasteiger partial charge in [-0.1, -0.05) is 0 Å². The maximum Gasteiger partial charge on any atom is 0.220 e. The van der Waals surface area contributed by atoms with Gasteiger partial charge in [-0.15, -0.1) is 0 Å². The van der Waals surface area contributed by atoms with E-state index in [2.05, 4.69) is 10.2 Å². The minimum atomic E-state index is 0.0923. The number of carbonyl (C=O) groups is 1. The molecule has 1 N–H and O–H groups in total. The number of nitrogens with zero attached hydrogens (tertiary/aromatic N) is 1. The minimum absolute atomic E-state index is 0.0923. The number of rotatable bonds is 2. The van der Waals surface area contributed by atoms with Crippen LogP contribution in [0.15, 0.2) is 22.8 Å². The van der Waals surface area contributed by atoms with Crippen LogP contribution in [0, 0.1) is 0 Å². The average molecular weight is 248 g/mol. The molecular formula is C14H20N2O2. The Balaban J connectivity index is 1.60. The Morgan fingerprint density at radius 1 is 1.33 bits per heavy atom. The van der Waals surface area contributed by atoms with Crippen molar-refractivity contribution < 1.29 is 9.21 Å². The molecule has 1 amide bonds. The Bertz CT molecular complexity index is 415. The molecule has 1 spiro atoms. The highest BCUT2D eigenvalue weighted by molar-refractivity contribution is 5.79. The van der Waals surface area contributed by atoms with Crippen molar-refractivity contribution in [1.29, 1.82) is 0 Å². The second-order valence-corrected chi connectivity index (χ2v) is 5.54. The molecule has 1 aromatic heterocycles. The van der Waals surface area contributed by atoms with Crippen LogP contribution in [0.2, 0.25) is 0 Å². The zero-order valence-electron chi connectivity index (χ0n) is 10.7. The van der Waals surface area contributed by atoms with Gasteiger partial charge in [-0.3, -0.25) is 9.69 Å². The summed E-state index contributed by atoms with van der Waals surface area (Å²) in [5, 5.41) is 3.20. The zero-order valence-corrected chi connectivity index (χ0v) is 10.7. The SMILES string of the molecule is O=C1CC[C@]2(CCCN(Cc3ccco3)CC2)N1. The first-order valence-electron chi connectivity index (χ1n) is 6.82. The van der Waals surface area contributed by atoms with Crippen molar-refractivity contribution in [2.45, 2.75) is 44.2 Å². The van der Waals surface area contributed by atoms with E-state index in [4.69, 9.17) is 4.42 Å². The van der Waals surface area contributed by atoms with Gasteiger partial charge in [0.05, 0.1) is 12.8 Å². The molecule has 1 atom stereocenters. The highest BCUT2D eigenvalue weighted by Gasteiger charge is 2.38. The average Bonchev–Trinajstić information content (AvgIpc) is 2.92. The summed E-state index contributed by atoms with van der Waals surface area (Å²) in [5.41, 5.74) is 0.0923. The Labute approximate surface area is 107 Å². The van der Waals surface area contributed by atoms with Gasteiger partial charge in [0.2, 0.25) is 5.91 Å². The first kappa shape index (κ1) is 11.8. The molecule has 4 heteroatoms. The van der Waals surface area contributed by atoms with Gasteiger partial charge in [-0.25, -0.2) is 0 Å². The van der Waals surface area contributed by atoms with Crippen molar-refractivity contribution in [3.8, 4) is 0 Å². The Hall–Kier alpha value is -1.29. The number of hydrogen-bond donors (Lipinski definition) is 1. The van der Waals surface area contributed by atoms with E-state index in [1.54, 1.807) is 6.26 Å². The predicted molar refractivity (Wildman–Crippen MR) is 67.9 cm³/mol. The standard InChI is InChI=1S/C14H20N2O2/c17-13-4-6-14(15-13)5-2-8-16(9-7-14)11-12-3-1-10-18-12/h1,3,10H,2,4-9,11H2,(H,15,17)/t14-/m0/s1. The fourth-order valence-corrected chi connectivity index (χ4v) is 3.18. The van der Waals surface area contributed by atoms with Crippen LogP contribution < -0.4 is 5.32 Å². The van der Waals surface area contributed by atoms with Gasteiger partial charge in [0, 0.05) is 18.5 Å². The minimum Gasteiger partial charge on any atom is -0.468 e. The van der Waals surface area contributed by atoms with E-state index in [9.17, 15) is 4.79 Å². The molecule has 2 aliphatic heterocycles. The molecule has 18 heavy (non-hydrogen) atoms. The summed E-state index contributed by atoms with van der Waals surface area (Å²) in [6.45, 7) is 3.02. The monoisotopic (exact) mass is 248 g/mol. The van der Waals surface area contributed by atoms with Gasteiger partial charge in [-0.05, 0) is 44.4 Å². The number of carbonyl (C=O) groups excluding carboxylic acids is 1. The molecule has 98 valence electrons. The number of likely N-dealkylation sites (tertiary alicyclic amines) is 1. The summed E-state index contributed by atoms with van der Waals surface area (Å²) in [6.07, 6.45) is 6.79. The van der Waals surface area contributed by atoms with Crippen LogP contribution in [-0.2, 0) is 11.3 Å². The maximum absolute atomic E-state index is 11.4. The summed E-state index contributed by atoms with van der Waals surface area (Å²) >= 11 is 0. The maximum atomic E-state index is 11.4. The first-order chi connectivity index (χ1) is 8.76. The van der Waals surface area contributed by atoms with Crippen LogP contribution in [0.3, 0.4) is 0 Å². The van der Waals surface area contributed by atoms with Crippen molar-refractivity contribution in [1.82, 2.24) is 10.2 Å². The van der Waals surface area contributed by atoms with Crippen molar-refractivity contribution in [3.63, 3.8) is 0 Å². The molecule has 2 saturated heterocycles.